The van der Waals surface area contributed by atoms with Gasteiger partial charge in [0.1, 0.15) is 5.75 Å². The summed E-state index contributed by atoms with van der Waals surface area (Å²) in [7, 11) is 0. The molecule has 156 valence electrons. The maximum atomic E-state index is 12.2. The molecule has 0 saturated carbocycles. The standard InChI is InChI=1S/C25H34N2O2/c1-17-10-8-9-11-19(17)16-26-27-22(28)13-12-18-14-20(24(2,3)4)23(29)21(15-18)25(5,6)7/h8-11,14-16,29H,12-13H2,1-7H3,(H,27,28)/b26-16-. The summed E-state index contributed by atoms with van der Waals surface area (Å²) < 4.78 is 0. The Morgan fingerprint density at radius 3 is 2.10 bits per heavy atom. The molecular weight excluding hydrogens is 360 g/mol. The molecule has 0 heterocycles. The number of carbonyl (C=O) groups is 1. The van der Waals surface area contributed by atoms with Crippen molar-refractivity contribution in [3.63, 3.8) is 0 Å². The topological polar surface area (TPSA) is 61.7 Å². The van der Waals surface area contributed by atoms with E-state index in [0.717, 1.165) is 27.8 Å². The van der Waals surface area contributed by atoms with Crippen molar-refractivity contribution in [1.82, 2.24) is 5.43 Å². The van der Waals surface area contributed by atoms with Gasteiger partial charge in [0.05, 0.1) is 6.21 Å². The fraction of sp³-hybridized carbons (Fsp3) is 0.440. The van der Waals surface area contributed by atoms with Crippen LogP contribution >= 0.6 is 0 Å². The van der Waals surface area contributed by atoms with Crippen LogP contribution in [0.3, 0.4) is 0 Å². The lowest BCUT2D eigenvalue weighted by atomic mass is 9.78. The number of aromatic hydroxyl groups is 1. The van der Waals surface area contributed by atoms with Gasteiger partial charge in [-0.1, -0.05) is 77.9 Å². The molecule has 4 nitrogen and oxygen atoms in total. The fourth-order valence-corrected chi connectivity index (χ4v) is 3.20. The number of nitrogens with zero attached hydrogens (tertiary/aromatic N) is 1. The SMILES string of the molecule is Cc1ccccc1/C=N\NC(=O)CCc1cc(C(C)(C)C)c(O)c(C(C)(C)C)c1. The number of carbonyl (C=O) groups excluding carboxylic acids is 1. The molecule has 0 aliphatic heterocycles. The third-order valence-corrected chi connectivity index (χ3v) is 5.01. The Balaban J connectivity index is 2.11. The molecule has 2 N–H and O–H groups in total. The summed E-state index contributed by atoms with van der Waals surface area (Å²) in [5.74, 6) is 0.235. The number of nitrogens with one attached hydrogen (secondary N) is 1. The van der Waals surface area contributed by atoms with Crippen LogP contribution in [0.15, 0.2) is 41.5 Å². The Morgan fingerprint density at radius 1 is 1.03 bits per heavy atom. The lowest BCUT2D eigenvalue weighted by molar-refractivity contribution is -0.121. The average Bonchev–Trinajstić information content (AvgIpc) is 2.60. The van der Waals surface area contributed by atoms with Crippen LogP contribution in [0.4, 0.5) is 0 Å². The minimum atomic E-state index is -0.180. The third-order valence-electron chi connectivity index (χ3n) is 5.01. The summed E-state index contributed by atoms with van der Waals surface area (Å²) in [6, 6.07) is 11.9. The summed E-state index contributed by atoms with van der Waals surface area (Å²) in [5.41, 5.74) is 7.22. The molecule has 0 bridgehead atoms. The summed E-state index contributed by atoms with van der Waals surface area (Å²) in [4.78, 5) is 12.2. The largest absolute Gasteiger partial charge is 0.507 e. The predicted molar refractivity (Wildman–Crippen MR) is 121 cm³/mol. The van der Waals surface area contributed by atoms with Gasteiger partial charge in [-0.15, -0.1) is 0 Å². The van der Waals surface area contributed by atoms with E-state index in [-0.39, 0.29) is 16.7 Å². The number of benzene rings is 2. The van der Waals surface area contributed by atoms with Gasteiger partial charge < -0.3 is 5.11 Å². The summed E-state index contributed by atoms with van der Waals surface area (Å²) in [6.07, 6.45) is 2.60. The van der Waals surface area contributed by atoms with Crippen molar-refractivity contribution in [2.75, 3.05) is 0 Å². The highest BCUT2D eigenvalue weighted by molar-refractivity contribution is 5.83. The smallest absolute Gasteiger partial charge is 0.240 e. The molecule has 0 aromatic heterocycles. The van der Waals surface area contributed by atoms with Crippen molar-refractivity contribution in [2.45, 2.75) is 72.1 Å². The molecule has 4 heteroatoms. The molecule has 2 aromatic carbocycles. The van der Waals surface area contributed by atoms with Gasteiger partial charge in [0.15, 0.2) is 0 Å². The van der Waals surface area contributed by atoms with Gasteiger partial charge in [-0.2, -0.15) is 5.10 Å². The number of hydrazone groups is 1. The van der Waals surface area contributed by atoms with Crippen LogP contribution < -0.4 is 5.43 Å². The van der Waals surface area contributed by atoms with E-state index in [1.54, 1.807) is 6.21 Å². The van der Waals surface area contributed by atoms with Crippen LogP contribution in [0.2, 0.25) is 0 Å². The molecule has 0 atom stereocenters. The molecule has 0 aliphatic carbocycles. The third kappa shape index (κ3) is 6.18. The second kappa shape index (κ2) is 8.81. The quantitative estimate of drug-likeness (QED) is 0.528. The number of hydrogen-bond donors (Lipinski definition) is 2. The van der Waals surface area contributed by atoms with Gasteiger partial charge in [-0.25, -0.2) is 5.43 Å². The Hall–Kier alpha value is -2.62. The second-order valence-electron chi connectivity index (χ2n) is 9.69. The maximum Gasteiger partial charge on any atom is 0.240 e. The van der Waals surface area contributed by atoms with Crippen molar-refractivity contribution in [1.29, 1.82) is 0 Å². The normalized spacial score (nSPS) is 12.4. The zero-order valence-electron chi connectivity index (χ0n) is 18.8. The highest BCUT2D eigenvalue weighted by atomic mass is 16.3. The Morgan fingerprint density at radius 2 is 1.59 bits per heavy atom. The van der Waals surface area contributed by atoms with Crippen LogP contribution in [-0.4, -0.2) is 17.2 Å². The lowest BCUT2D eigenvalue weighted by Gasteiger charge is -2.28. The molecule has 0 unspecified atom stereocenters. The van der Waals surface area contributed by atoms with Crippen molar-refractivity contribution in [3.8, 4) is 5.75 Å². The first kappa shape index (κ1) is 22.7. The maximum absolute atomic E-state index is 12.2. The molecule has 2 rings (SSSR count). The molecule has 29 heavy (non-hydrogen) atoms. The van der Waals surface area contributed by atoms with Crippen LogP contribution in [-0.2, 0) is 22.0 Å². The molecule has 0 fully saturated rings. The molecule has 2 aromatic rings. The lowest BCUT2D eigenvalue weighted by Crippen LogP contribution is -2.20. The van der Waals surface area contributed by atoms with E-state index in [2.05, 4.69) is 52.1 Å². The number of amides is 1. The highest BCUT2D eigenvalue weighted by Crippen LogP contribution is 2.39. The van der Waals surface area contributed by atoms with Crippen LogP contribution in [0.5, 0.6) is 5.75 Å². The minimum Gasteiger partial charge on any atom is -0.507 e. The summed E-state index contributed by atoms with van der Waals surface area (Å²) >= 11 is 0. The Kier molecular flexibility index (Phi) is 6.89. The predicted octanol–water partition coefficient (Wildman–Crippen LogP) is 5.38. The zero-order valence-corrected chi connectivity index (χ0v) is 18.8. The fourth-order valence-electron chi connectivity index (χ4n) is 3.20. The van der Waals surface area contributed by atoms with E-state index >= 15 is 0 Å². The Labute approximate surface area is 175 Å². The van der Waals surface area contributed by atoms with Crippen molar-refractivity contribution >= 4 is 12.1 Å². The first-order valence-electron chi connectivity index (χ1n) is 10.1. The van der Waals surface area contributed by atoms with Crippen LogP contribution in [0.1, 0.15) is 75.8 Å². The van der Waals surface area contributed by atoms with E-state index in [1.807, 2.05) is 43.3 Å². The van der Waals surface area contributed by atoms with E-state index in [0.29, 0.717) is 18.6 Å². The number of hydrogen-bond acceptors (Lipinski definition) is 3. The molecule has 0 radical (unpaired) electrons. The van der Waals surface area contributed by atoms with Crippen LogP contribution in [0, 0.1) is 6.92 Å². The van der Waals surface area contributed by atoms with Crippen LogP contribution in [0.25, 0.3) is 0 Å². The number of aryl methyl sites for hydroxylation is 2. The van der Waals surface area contributed by atoms with Crippen molar-refractivity contribution in [3.05, 3.63) is 64.2 Å². The summed E-state index contributed by atoms with van der Waals surface area (Å²) in [6.45, 7) is 14.5. The number of phenolic OH excluding ortho intramolecular Hbond substituents is 1. The van der Waals surface area contributed by atoms with E-state index in [4.69, 9.17) is 0 Å². The molecular formula is C25H34N2O2. The van der Waals surface area contributed by atoms with Crippen molar-refractivity contribution in [2.24, 2.45) is 5.10 Å². The second-order valence-corrected chi connectivity index (χ2v) is 9.69. The van der Waals surface area contributed by atoms with E-state index in [1.165, 1.54) is 0 Å². The monoisotopic (exact) mass is 394 g/mol. The van der Waals surface area contributed by atoms with Gasteiger partial charge in [-0.3, -0.25) is 4.79 Å². The summed E-state index contributed by atoms with van der Waals surface area (Å²) in [5, 5.41) is 14.9. The van der Waals surface area contributed by atoms with Gasteiger partial charge in [0.2, 0.25) is 5.91 Å². The number of rotatable bonds is 5. The molecule has 0 aliphatic rings. The first-order valence-corrected chi connectivity index (χ1v) is 10.1. The average molecular weight is 395 g/mol. The van der Waals surface area contributed by atoms with Crippen molar-refractivity contribution < 1.29 is 9.90 Å². The molecule has 0 spiro atoms. The number of phenols is 1. The van der Waals surface area contributed by atoms with Gasteiger partial charge in [0.25, 0.3) is 0 Å². The Bertz CT molecular complexity index is 865. The van der Waals surface area contributed by atoms with Gasteiger partial charge >= 0.3 is 0 Å². The van der Waals surface area contributed by atoms with E-state index < -0.39 is 0 Å². The zero-order chi connectivity index (χ0) is 21.8. The minimum absolute atomic E-state index is 0.127. The molecule has 0 saturated heterocycles. The van der Waals surface area contributed by atoms with Gasteiger partial charge in [0, 0.05) is 6.42 Å². The highest BCUT2D eigenvalue weighted by Gasteiger charge is 2.26. The first-order chi connectivity index (χ1) is 13.4. The van der Waals surface area contributed by atoms with E-state index in [9.17, 15) is 9.90 Å². The van der Waals surface area contributed by atoms with Gasteiger partial charge in [-0.05, 0) is 52.0 Å². The molecule has 1 amide bonds.